The van der Waals surface area contributed by atoms with Crippen LogP contribution in [0.1, 0.15) is 16.1 Å². The highest BCUT2D eigenvalue weighted by Gasteiger charge is 2.15. The lowest BCUT2D eigenvalue weighted by Gasteiger charge is -2.14. The molecule has 8 nitrogen and oxygen atoms in total. The Balaban J connectivity index is 1.75. The van der Waals surface area contributed by atoms with E-state index in [1.165, 1.54) is 27.5 Å². The summed E-state index contributed by atoms with van der Waals surface area (Å²) in [6.45, 7) is 0.493. The van der Waals surface area contributed by atoms with Crippen LogP contribution in [0.25, 0.3) is 0 Å². The quantitative estimate of drug-likeness (QED) is 0.614. The maximum atomic E-state index is 12.6. The third-order valence-electron chi connectivity index (χ3n) is 3.97. The maximum Gasteiger partial charge on any atom is 0.257 e. The van der Waals surface area contributed by atoms with Crippen molar-refractivity contribution < 1.29 is 23.4 Å². The highest BCUT2D eigenvalue weighted by molar-refractivity contribution is 6.04. The van der Waals surface area contributed by atoms with Crippen LogP contribution in [0.4, 0.5) is 11.4 Å². The van der Waals surface area contributed by atoms with Crippen molar-refractivity contribution >= 4 is 17.3 Å². The monoisotopic (exact) mass is 383 g/mol. The normalized spacial score (nSPS) is 10.2. The van der Waals surface area contributed by atoms with Gasteiger partial charge in [0.1, 0.15) is 5.76 Å². The Bertz CT molecular complexity index is 916. The van der Waals surface area contributed by atoms with Gasteiger partial charge in [0.05, 0.1) is 45.4 Å². The molecule has 1 amide bonds. The second-order valence-electron chi connectivity index (χ2n) is 5.76. The van der Waals surface area contributed by atoms with Gasteiger partial charge in [-0.15, -0.1) is 0 Å². The van der Waals surface area contributed by atoms with E-state index in [1.54, 1.807) is 30.7 Å². The van der Waals surface area contributed by atoms with Gasteiger partial charge in [-0.1, -0.05) is 0 Å². The summed E-state index contributed by atoms with van der Waals surface area (Å²) in [7, 11) is 4.55. The molecule has 0 unspecified atom stereocenters. The minimum Gasteiger partial charge on any atom is -0.493 e. The number of aromatic nitrogens is 1. The Morgan fingerprint density at radius 3 is 2.39 bits per heavy atom. The minimum atomic E-state index is -0.316. The van der Waals surface area contributed by atoms with Crippen molar-refractivity contribution in [3.63, 3.8) is 0 Å². The standard InChI is InChI=1S/C20H21N3O5/c1-25-17-8-14(9-18(26-2)19(17)27-3)23-20(24)13-7-15(11-21-10-13)22-12-16-5-4-6-28-16/h4-11,22H,12H2,1-3H3,(H,23,24). The Kier molecular flexibility index (Phi) is 6.01. The number of benzene rings is 1. The van der Waals surface area contributed by atoms with Crippen LogP contribution in [0.5, 0.6) is 17.2 Å². The number of hydrogen-bond donors (Lipinski definition) is 2. The zero-order valence-corrected chi connectivity index (χ0v) is 15.8. The molecule has 2 N–H and O–H groups in total. The molecule has 2 aromatic heterocycles. The zero-order chi connectivity index (χ0) is 19.9. The minimum absolute atomic E-state index is 0.316. The van der Waals surface area contributed by atoms with Crippen LogP contribution in [0.2, 0.25) is 0 Å². The highest BCUT2D eigenvalue weighted by atomic mass is 16.5. The van der Waals surface area contributed by atoms with Gasteiger partial charge in [0, 0.05) is 30.2 Å². The average molecular weight is 383 g/mol. The third kappa shape index (κ3) is 4.35. The molecule has 0 aliphatic rings. The SMILES string of the molecule is COc1cc(NC(=O)c2cncc(NCc3ccco3)c2)cc(OC)c1OC. The number of pyridine rings is 1. The first-order chi connectivity index (χ1) is 13.6. The molecule has 0 radical (unpaired) electrons. The molecule has 0 aliphatic carbocycles. The predicted octanol–water partition coefficient (Wildman–Crippen LogP) is 3.56. The molecule has 0 saturated heterocycles. The number of nitrogens with one attached hydrogen (secondary N) is 2. The first kappa shape index (κ1) is 19.1. The summed E-state index contributed by atoms with van der Waals surface area (Å²) in [5.41, 5.74) is 1.61. The van der Waals surface area contributed by atoms with Crippen LogP contribution in [0.3, 0.4) is 0 Å². The van der Waals surface area contributed by atoms with E-state index in [2.05, 4.69) is 15.6 Å². The molecule has 28 heavy (non-hydrogen) atoms. The van der Waals surface area contributed by atoms with Crippen LogP contribution in [-0.2, 0) is 6.54 Å². The van der Waals surface area contributed by atoms with Crippen molar-refractivity contribution in [2.24, 2.45) is 0 Å². The van der Waals surface area contributed by atoms with Crippen LogP contribution >= 0.6 is 0 Å². The van der Waals surface area contributed by atoms with Crippen molar-refractivity contribution in [2.75, 3.05) is 32.0 Å². The molecule has 0 atom stereocenters. The van der Waals surface area contributed by atoms with E-state index in [0.29, 0.717) is 40.7 Å². The van der Waals surface area contributed by atoms with Crippen LogP contribution in [0, 0.1) is 0 Å². The first-order valence-electron chi connectivity index (χ1n) is 8.47. The van der Waals surface area contributed by atoms with Crippen LogP contribution < -0.4 is 24.8 Å². The number of anilines is 2. The van der Waals surface area contributed by atoms with Crippen molar-refractivity contribution in [3.8, 4) is 17.2 Å². The number of nitrogens with zero attached hydrogens (tertiary/aromatic N) is 1. The lowest BCUT2D eigenvalue weighted by molar-refractivity contribution is 0.102. The molecule has 0 fully saturated rings. The first-order valence-corrected chi connectivity index (χ1v) is 8.47. The molecular formula is C20H21N3O5. The van der Waals surface area contributed by atoms with Crippen LogP contribution in [-0.4, -0.2) is 32.2 Å². The fraction of sp³-hybridized carbons (Fsp3) is 0.200. The van der Waals surface area contributed by atoms with Gasteiger partial charge in [0.25, 0.3) is 5.91 Å². The van der Waals surface area contributed by atoms with Gasteiger partial charge >= 0.3 is 0 Å². The third-order valence-corrected chi connectivity index (χ3v) is 3.97. The maximum absolute atomic E-state index is 12.6. The van der Waals surface area contributed by atoms with Gasteiger partial charge in [0.2, 0.25) is 5.75 Å². The fourth-order valence-electron chi connectivity index (χ4n) is 2.62. The Morgan fingerprint density at radius 1 is 1.04 bits per heavy atom. The number of hydrogen-bond acceptors (Lipinski definition) is 7. The van der Waals surface area contributed by atoms with Gasteiger partial charge < -0.3 is 29.3 Å². The number of ether oxygens (including phenoxy) is 3. The van der Waals surface area contributed by atoms with Crippen molar-refractivity contribution in [2.45, 2.75) is 6.54 Å². The molecule has 146 valence electrons. The summed E-state index contributed by atoms with van der Waals surface area (Å²) in [5.74, 6) is 1.82. The molecule has 2 heterocycles. The number of carbonyl (C=O) groups excluding carboxylic acids is 1. The van der Waals surface area contributed by atoms with Crippen molar-refractivity contribution in [3.05, 3.63) is 60.3 Å². The Hall–Kier alpha value is -3.68. The fourth-order valence-corrected chi connectivity index (χ4v) is 2.62. The van der Waals surface area contributed by atoms with Crippen LogP contribution in [0.15, 0.2) is 53.4 Å². The summed E-state index contributed by atoms with van der Waals surface area (Å²) in [6, 6.07) is 8.71. The number of amides is 1. The number of rotatable bonds is 8. The molecule has 8 heteroatoms. The highest BCUT2D eigenvalue weighted by Crippen LogP contribution is 2.40. The lowest BCUT2D eigenvalue weighted by Crippen LogP contribution is -2.13. The Labute approximate surface area is 162 Å². The van der Waals surface area contributed by atoms with E-state index < -0.39 is 0 Å². The van der Waals surface area contributed by atoms with Crippen molar-refractivity contribution in [1.82, 2.24) is 4.98 Å². The van der Waals surface area contributed by atoms with E-state index in [1.807, 2.05) is 12.1 Å². The topological polar surface area (TPSA) is 94.9 Å². The van der Waals surface area contributed by atoms with E-state index >= 15 is 0 Å². The van der Waals surface area contributed by atoms with Gasteiger partial charge in [-0.2, -0.15) is 0 Å². The Morgan fingerprint density at radius 2 is 1.79 bits per heavy atom. The molecular weight excluding hydrogens is 362 g/mol. The second-order valence-corrected chi connectivity index (χ2v) is 5.76. The molecule has 0 bridgehead atoms. The van der Waals surface area contributed by atoms with E-state index in [0.717, 1.165) is 5.76 Å². The van der Waals surface area contributed by atoms with E-state index in [9.17, 15) is 4.79 Å². The second kappa shape index (κ2) is 8.81. The molecule has 0 spiro atoms. The smallest absolute Gasteiger partial charge is 0.257 e. The number of carbonyl (C=O) groups is 1. The summed E-state index contributed by atoms with van der Waals surface area (Å²) in [6.07, 6.45) is 4.74. The van der Waals surface area contributed by atoms with E-state index in [-0.39, 0.29) is 5.91 Å². The van der Waals surface area contributed by atoms with Gasteiger partial charge in [-0.25, -0.2) is 0 Å². The van der Waals surface area contributed by atoms with Crippen molar-refractivity contribution in [1.29, 1.82) is 0 Å². The van der Waals surface area contributed by atoms with Gasteiger partial charge in [0.15, 0.2) is 11.5 Å². The molecule has 0 aliphatic heterocycles. The van der Waals surface area contributed by atoms with Gasteiger partial charge in [-0.3, -0.25) is 9.78 Å². The largest absolute Gasteiger partial charge is 0.493 e. The summed E-state index contributed by atoms with van der Waals surface area (Å²) in [4.78, 5) is 16.8. The molecule has 3 aromatic rings. The summed E-state index contributed by atoms with van der Waals surface area (Å²) in [5, 5.41) is 5.98. The average Bonchev–Trinajstić information content (AvgIpc) is 3.25. The van der Waals surface area contributed by atoms with Gasteiger partial charge in [-0.05, 0) is 18.2 Å². The number of methoxy groups -OCH3 is 3. The lowest BCUT2D eigenvalue weighted by atomic mass is 10.2. The van der Waals surface area contributed by atoms with E-state index in [4.69, 9.17) is 18.6 Å². The number of furan rings is 1. The summed E-state index contributed by atoms with van der Waals surface area (Å²) >= 11 is 0. The predicted molar refractivity (Wildman–Crippen MR) is 104 cm³/mol. The molecule has 0 saturated carbocycles. The molecule has 1 aromatic carbocycles. The zero-order valence-electron chi connectivity index (χ0n) is 15.8. The summed E-state index contributed by atoms with van der Waals surface area (Å²) < 4.78 is 21.2. The molecule has 3 rings (SSSR count).